The Balaban J connectivity index is 4.82. The van der Waals surface area contributed by atoms with Crippen molar-refractivity contribution >= 4 is 5.91 Å². The predicted molar refractivity (Wildman–Crippen MR) is 65.7 cm³/mol. The number of hydrogen-bond donors (Lipinski definition) is 1. The van der Waals surface area contributed by atoms with Gasteiger partial charge in [-0.3, -0.25) is 4.79 Å². The maximum atomic E-state index is 11.9. The lowest BCUT2D eigenvalue weighted by atomic mass is 9.69. The zero-order chi connectivity index (χ0) is 12.3. The Labute approximate surface area is 94.8 Å². The van der Waals surface area contributed by atoms with Crippen molar-refractivity contribution in [3.05, 3.63) is 0 Å². The predicted octanol–water partition coefficient (Wildman–Crippen LogP) is 3.22. The minimum atomic E-state index is 0.0768. The maximum absolute atomic E-state index is 11.9. The lowest BCUT2D eigenvalue weighted by Crippen LogP contribution is -2.39. The SMILES string of the molecule is CCC(C)(C)C(CC(C)(C)C)C(=O)NC. The topological polar surface area (TPSA) is 29.1 Å². The number of carbonyl (C=O) groups excluding carboxylic acids is 1. The molecule has 0 fully saturated rings. The second kappa shape index (κ2) is 5.00. The molecule has 0 aliphatic rings. The lowest BCUT2D eigenvalue weighted by Gasteiger charge is -2.36. The Morgan fingerprint density at radius 1 is 1.20 bits per heavy atom. The first kappa shape index (κ1) is 14.5. The molecule has 2 nitrogen and oxygen atoms in total. The molecule has 0 saturated heterocycles. The minimum Gasteiger partial charge on any atom is -0.359 e. The Bertz CT molecular complexity index is 213. The van der Waals surface area contributed by atoms with E-state index in [1.807, 2.05) is 0 Å². The Morgan fingerprint density at radius 3 is 1.93 bits per heavy atom. The summed E-state index contributed by atoms with van der Waals surface area (Å²) in [5, 5.41) is 2.79. The van der Waals surface area contributed by atoms with E-state index in [1.54, 1.807) is 7.05 Å². The number of amides is 1. The van der Waals surface area contributed by atoms with Crippen molar-refractivity contribution in [3.8, 4) is 0 Å². The summed E-state index contributed by atoms with van der Waals surface area (Å²) in [4.78, 5) is 11.9. The largest absolute Gasteiger partial charge is 0.359 e. The molecule has 90 valence electrons. The van der Waals surface area contributed by atoms with Crippen LogP contribution in [-0.2, 0) is 4.79 Å². The van der Waals surface area contributed by atoms with Gasteiger partial charge >= 0.3 is 0 Å². The van der Waals surface area contributed by atoms with Crippen molar-refractivity contribution < 1.29 is 4.79 Å². The van der Waals surface area contributed by atoms with E-state index >= 15 is 0 Å². The van der Waals surface area contributed by atoms with Crippen LogP contribution in [0.15, 0.2) is 0 Å². The number of nitrogens with one attached hydrogen (secondary N) is 1. The molecule has 0 aromatic rings. The molecule has 15 heavy (non-hydrogen) atoms. The van der Waals surface area contributed by atoms with Gasteiger partial charge in [0.2, 0.25) is 5.91 Å². The fourth-order valence-electron chi connectivity index (χ4n) is 1.76. The van der Waals surface area contributed by atoms with Crippen LogP contribution in [0.2, 0.25) is 0 Å². The summed E-state index contributed by atoms with van der Waals surface area (Å²) in [6.45, 7) is 13.1. The van der Waals surface area contributed by atoms with E-state index in [2.05, 4.69) is 46.9 Å². The standard InChI is InChI=1S/C13H27NO/c1-8-13(5,6)10(11(15)14-7)9-12(2,3)4/h10H,8-9H2,1-7H3,(H,14,15). The zero-order valence-corrected chi connectivity index (χ0v) is 11.4. The van der Waals surface area contributed by atoms with Gasteiger partial charge in [0.1, 0.15) is 0 Å². The summed E-state index contributed by atoms with van der Waals surface area (Å²) in [6, 6.07) is 0. The van der Waals surface area contributed by atoms with E-state index in [9.17, 15) is 4.79 Å². The normalized spacial score (nSPS) is 14.9. The van der Waals surface area contributed by atoms with Crippen molar-refractivity contribution in [2.45, 2.75) is 54.4 Å². The van der Waals surface area contributed by atoms with E-state index in [4.69, 9.17) is 0 Å². The van der Waals surface area contributed by atoms with Gasteiger partial charge in [0.25, 0.3) is 0 Å². The van der Waals surface area contributed by atoms with E-state index in [0.29, 0.717) is 0 Å². The van der Waals surface area contributed by atoms with Crippen LogP contribution < -0.4 is 5.32 Å². The quantitative estimate of drug-likeness (QED) is 0.763. The minimum absolute atomic E-state index is 0.0768. The number of carbonyl (C=O) groups is 1. The van der Waals surface area contributed by atoms with Gasteiger partial charge in [0.15, 0.2) is 0 Å². The van der Waals surface area contributed by atoms with E-state index < -0.39 is 0 Å². The highest BCUT2D eigenvalue weighted by atomic mass is 16.1. The molecule has 2 heteroatoms. The summed E-state index contributed by atoms with van der Waals surface area (Å²) in [5.74, 6) is 0.282. The highest BCUT2D eigenvalue weighted by Gasteiger charge is 2.35. The van der Waals surface area contributed by atoms with Crippen molar-refractivity contribution in [1.82, 2.24) is 5.32 Å². The molecule has 0 rings (SSSR count). The first-order valence-corrected chi connectivity index (χ1v) is 5.85. The second-order valence-corrected chi connectivity index (χ2v) is 6.27. The summed E-state index contributed by atoms with van der Waals surface area (Å²) >= 11 is 0. The van der Waals surface area contributed by atoms with Crippen LogP contribution in [0.1, 0.15) is 54.4 Å². The van der Waals surface area contributed by atoms with Crippen LogP contribution in [0.25, 0.3) is 0 Å². The third-order valence-corrected chi connectivity index (χ3v) is 3.23. The molecule has 0 radical (unpaired) electrons. The van der Waals surface area contributed by atoms with Gasteiger partial charge < -0.3 is 5.32 Å². The van der Waals surface area contributed by atoms with Crippen LogP contribution in [0.3, 0.4) is 0 Å². The van der Waals surface area contributed by atoms with E-state index in [1.165, 1.54) is 0 Å². The number of hydrogen-bond acceptors (Lipinski definition) is 1. The summed E-state index contributed by atoms with van der Waals surface area (Å²) < 4.78 is 0. The monoisotopic (exact) mass is 213 g/mol. The molecule has 0 spiro atoms. The lowest BCUT2D eigenvalue weighted by molar-refractivity contribution is -0.129. The van der Waals surface area contributed by atoms with Crippen LogP contribution in [-0.4, -0.2) is 13.0 Å². The molecule has 0 heterocycles. The van der Waals surface area contributed by atoms with Gasteiger partial charge in [-0.1, -0.05) is 48.0 Å². The smallest absolute Gasteiger partial charge is 0.223 e. The number of rotatable bonds is 4. The second-order valence-electron chi connectivity index (χ2n) is 6.27. The maximum Gasteiger partial charge on any atom is 0.223 e. The molecule has 1 atom stereocenters. The molecule has 0 aromatic heterocycles. The molecule has 0 aliphatic heterocycles. The molecular weight excluding hydrogens is 186 g/mol. The van der Waals surface area contributed by atoms with Gasteiger partial charge in [-0.15, -0.1) is 0 Å². The first-order chi connectivity index (χ1) is 6.64. The summed E-state index contributed by atoms with van der Waals surface area (Å²) in [7, 11) is 1.73. The Hall–Kier alpha value is -0.530. The third kappa shape index (κ3) is 4.67. The average molecular weight is 213 g/mol. The molecule has 0 bridgehead atoms. The van der Waals surface area contributed by atoms with Crippen molar-refractivity contribution in [1.29, 1.82) is 0 Å². The highest BCUT2D eigenvalue weighted by Crippen LogP contribution is 2.38. The Kier molecular flexibility index (Phi) is 4.82. The van der Waals surface area contributed by atoms with Crippen molar-refractivity contribution in [3.63, 3.8) is 0 Å². The molecule has 0 aliphatic carbocycles. The molecule has 1 amide bonds. The van der Waals surface area contributed by atoms with E-state index in [0.717, 1.165) is 12.8 Å². The molecule has 1 N–H and O–H groups in total. The van der Waals surface area contributed by atoms with Crippen LogP contribution in [0, 0.1) is 16.7 Å². The van der Waals surface area contributed by atoms with Crippen LogP contribution in [0.5, 0.6) is 0 Å². The van der Waals surface area contributed by atoms with Gasteiger partial charge in [-0.2, -0.15) is 0 Å². The van der Waals surface area contributed by atoms with Crippen molar-refractivity contribution in [2.24, 2.45) is 16.7 Å². The van der Waals surface area contributed by atoms with Gasteiger partial charge in [-0.25, -0.2) is 0 Å². The third-order valence-electron chi connectivity index (χ3n) is 3.23. The molecular formula is C13H27NO. The summed E-state index contributed by atoms with van der Waals surface area (Å²) in [5.41, 5.74) is 0.275. The zero-order valence-electron chi connectivity index (χ0n) is 11.4. The highest BCUT2D eigenvalue weighted by molar-refractivity contribution is 5.79. The molecule has 0 aromatic carbocycles. The van der Waals surface area contributed by atoms with Crippen LogP contribution in [0.4, 0.5) is 0 Å². The average Bonchev–Trinajstić information content (AvgIpc) is 2.11. The summed E-state index contributed by atoms with van der Waals surface area (Å²) in [6.07, 6.45) is 1.97. The first-order valence-electron chi connectivity index (χ1n) is 5.85. The molecule has 1 unspecified atom stereocenters. The fourth-order valence-corrected chi connectivity index (χ4v) is 1.76. The van der Waals surface area contributed by atoms with Gasteiger partial charge in [0.05, 0.1) is 0 Å². The Morgan fingerprint density at radius 2 is 1.67 bits per heavy atom. The van der Waals surface area contributed by atoms with Crippen molar-refractivity contribution in [2.75, 3.05) is 7.05 Å². The van der Waals surface area contributed by atoms with Gasteiger partial charge in [-0.05, 0) is 17.3 Å². The van der Waals surface area contributed by atoms with Crippen LogP contribution >= 0.6 is 0 Å². The van der Waals surface area contributed by atoms with Gasteiger partial charge in [0, 0.05) is 13.0 Å². The van der Waals surface area contributed by atoms with E-state index in [-0.39, 0.29) is 22.7 Å². The fraction of sp³-hybridized carbons (Fsp3) is 0.923. The molecule has 0 saturated carbocycles.